The lowest BCUT2D eigenvalue weighted by atomic mass is 10.0. The lowest BCUT2D eigenvalue weighted by molar-refractivity contribution is 0.226. The van der Waals surface area contributed by atoms with E-state index in [0.717, 1.165) is 13.0 Å². The molecule has 0 spiro atoms. The average Bonchev–Trinajstić information content (AvgIpc) is 2.31. The van der Waals surface area contributed by atoms with Crippen LogP contribution in [0.1, 0.15) is 31.9 Å². The molecule has 2 N–H and O–H groups in total. The molecule has 0 heterocycles. The van der Waals surface area contributed by atoms with Gasteiger partial charge in [0.1, 0.15) is 11.6 Å². The smallest absolute Gasteiger partial charge is 0.130 e. The van der Waals surface area contributed by atoms with Crippen molar-refractivity contribution in [3.63, 3.8) is 0 Å². The predicted molar refractivity (Wildman–Crippen MR) is 70.2 cm³/mol. The largest absolute Gasteiger partial charge is 0.329 e. The van der Waals surface area contributed by atoms with Gasteiger partial charge in [-0.05, 0) is 38.1 Å². The maximum absolute atomic E-state index is 13.7. The molecule has 0 saturated heterocycles. The minimum Gasteiger partial charge on any atom is -0.329 e. The van der Waals surface area contributed by atoms with E-state index < -0.39 is 17.7 Å². The maximum Gasteiger partial charge on any atom is 0.130 e. The molecule has 0 aliphatic carbocycles. The van der Waals surface area contributed by atoms with Crippen LogP contribution >= 0.6 is 0 Å². The second-order valence-corrected chi connectivity index (χ2v) is 5.05. The Hall–Kier alpha value is -1.00. The molecule has 18 heavy (non-hydrogen) atoms. The van der Waals surface area contributed by atoms with Crippen molar-refractivity contribution in [2.75, 3.05) is 20.1 Å². The Morgan fingerprint density at radius 2 is 1.78 bits per heavy atom. The molecule has 0 radical (unpaired) electrons. The van der Waals surface area contributed by atoms with Crippen molar-refractivity contribution in [2.45, 2.75) is 26.3 Å². The van der Waals surface area contributed by atoms with Crippen molar-refractivity contribution in [2.24, 2.45) is 11.7 Å². The zero-order valence-corrected chi connectivity index (χ0v) is 11.3. The Labute approximate surface area is 108 Å². The molecule has 0 saturated carbocycles. The molecular weight excluding hydrogens is 234 g/mol. The van der Waals surface area contributed by atoms with Gasteiger partial charge in [-0.3, -0.25) is 4.90 Å². The minimum absolute atomic E-state index is 0.0752. The fourth-order valence-corrected chi connectivity index (χ4v) is 1.96. The van der Waals surface area contributed by atoms with Gasteiger partial charge in [0.15, 0.2) is 0 Å². The van der Waals surface area contributed by atoms with Crippen molar-refractivity contribution in [1.29, 1.82) is 0 Å². The van der Waals surface area contributed by atoms with Crippen LogP contribution in [0.25, 0.3) is 0 Å². The maximum atomic E-state index is 13.7. The van der Waals surface area contributed by atoms with E-state index in [4.69, 9.17) is 5.73 Å². The quantitative estimate of drug-likeness (QED) is 0.848. The van der Waals surface area contributed by atoms with Crippen LogP contribution in [0.3, 0.4) is 0 Å². The molecule has 0 fully saturated rings. The van der Waals surface area contributed by atoms with E-state index in [0.29, 0.717) is 5.92 Å². The number of hydrogen-bond donors (Lipinski definition) is 1. The molecule has 1 atom stereocenters. The van der Waals surface area contributed by atoms with E-state index in [1.54, 1.807) is 0 Å². The molecule has 1 aromatic carbocycles. The normalized spacial score (nSPS) is 13.3. The monoisotopic (exact) mass is 256 g/mol. The van der Waals surface area contributed by atoms with Gasteiger partial charge in [-0.15, -0.1) is 0 Å². The standard InChI is InChI=1S/C14H22F2N2/c1-10(2)7-8-18(3)13(9-17)14-11(15)5-4-6-12(14)16/h4-6,10,13H,7-9,17H2,1-3H3. The molecule has 0 bridgehead atoms. The van der Waals surface area contributed by atoms with E-state index in [9.17, 15) is 8.78 Å². The third kappa shape index (κ3) is 3.75. The molecule has 1 rings (SSSR count). The second kappa shape index (κ2) is 6.81. The van der Waals surface area contributed by atoms with Gasteiger partial charge in [-0.2, -0.15) is 0 Å². The zero-order chi connectivity index (χ0) is 13.7. The van der Waals surface area contributed by atoms with E-state index >= 15 is 0 Å². The van der Waals surface area contributed by atoms with Crippen LogP contribution < -0.4 is 5.73 Å². The Kier molecular flexibility index (Phi) is 5.69. The van der Waals surface area contributed by atoms with E-state index in [-0.39, 0.29) is 12.1 Å². The molecule has 0 aromatic heterocycles. The zero-order valence-electron chi connectivity index (χ0n) is 11.3. The summed E-state index contributed by atoms with van der Waals surface area (Å²) < 4.78 is 27.4. The van der Waals surface area contributed by atoms with Gasteiger partial charge in [-0.1, -0.05) is 19.9 Å². The molecule has 0 aliphatic rings. The summed E-state index contributed by atoms with van der Waals surface area (Å²) in [6.45, 7) is 5.21. The summed E-state index contributed by atoms with van der Waals surface area (Å²) in [6.07, 6.45) is 0.975. The van der Waals surface area contributed by atoms with Gasteiger partial charge in [0.2, 0.25) is 0 Å². The molecule has 4 heteroatoms. The van der Waals surface area contributed by atoms with Gasteiger partial charge >= 0.3 is 0 Å². The molecule has 2 nitrogen and oxygen atoms in total. The van der Waals surface area contributed by atoms with Gasteiger partial charge in [0.25, 0.3) is 0 Å². The highest BCUT2D eigenvalue weighted by molar-refractivity contribution is 5.23. The van der Waals surface area contributed by atoms with Crippen LogP contribution in [0.4, 0.5) is 8.78 Å². The number of rotatable bonds is 6. The molecule has 102 valence electrons. The number of hydrogen-bond acceptors (Lipinski definition) is 2. The van der Waals surface area contributed by atoms with Gasteiger partial charge in [-0.25, -0.2) is 8.78 Å². The molecule has 1 unspecified atom stereocenters. The van der Waals surface area contributed by atoms with Crippen LogP contribution in [-0.2, 0) is 0 Å². The number of nitrogens with zero attached hydrogens (tertiary/aromatic N) is 1. The van der Waals surface area contributed by atoms with Crippen molar-refractivity contribution in [3.8, 4) is 0 Å². The average molecular weight is 256 g/mol. The third-order valence-corrected chi connectivity index (χ3v) is 3.15. The van der Waals surface area contributed by atoms with Crippen molar-refractivity contribution < 1.29 is 8.78 Å². The first-order valence-corrected chi connectivity index (χ1v) is 6.31. The minimum atomic E-state index is -0.526. The summed E-state index contributed by atoms with van der Waals surface area (Å²) in [5.74, 6) is -0.500. The SMILES string of the molecule is CC(C)CCN(C)C(CN)c1c(F)cccc1F. The van der Waals surface area contributed by atoms with Crippen LogP contribution in [0, 0.1) is 17.6 Å². The lowest BCUT2D eigenvalue weighted by Gasteiger charge is -2.28. The Morgan fingerprint density at radius 3 is 2.22 bits per heavy atom. The number of nitrogens with two attached hydrogens (primary N) is 1. The highest BCUT2D eigenvalue weighted by Gasteiger charge is 2.22. The summed E-state index contributed by atoms with van der Waals surface area (Å²) in [7, 11) is 1.85. The van der Waals surface area contributed by atoms with Crippen LogP contribution in [0.15, 0.2) is 18.2 Å². The topological polar surface area (TPSA) is 29.3 Å². The molecule has 1 aromatic rings. The predicted octanol–water partition coefficient (Wildman–Crippen LogP) is 2.94. The van der Waals surface area contributed by atoms with Crippen LogP contribution in [0.5, 0.6) is 0 Å². The van der Waals surface area contributed by atoms with Crippen molar-refractivity contribution >= 4 is 0 Å². The van der Waals surface area contributed by atoms with Crippen LogP contribution in [-0.4, -0.2) is 25.0 Å². The molecule has 0 amide bonds. The lowest BCUT2D eigenvalue weighted by Crippen LogP contribution is -2.33. The number of benzene rings is 1. The van der Waals surface area contributed by atoms with Crippen molar-refractivity contribution in [3.05, 3.63) is 35.4 Å². The molecule has 0 aliphatic heterocycles. The summed E-state index contributed by atoms with van der Waals surface area (Å²) in [6, 6.07) is 3.51. The first kappa shape index (κ1) is 15.1. The highest BCUT2D eigenvalue weighted by atomic mass is 19.1. The number of halogens is 2. The van der Waals surface area contributed by atoms with Gasteiger partial charge < -0.3 is 5.73 Å². The summed E-state index contributed by atoms with van der Waals surface area (Å²) in [4.78, 5) is 1.92. The fourth-order valence-electron chi connectivity index (χ4n) is 1.96. The third-order valence-electron chi connectivity index (χ3n) is 3.15. The summed E-state index contributed by atoms with van der Waals surface area (Å²) in [5, 5.41) is 0. The van der Waals surface area contributed by atoms with E-state index in [2.05, 4.69) is 13.8 Å². The van der Waals surface area contributed by atoms with E-state index in [1.165, 1.54) is 18.2 Å². The highest BCUT2D eigenvalue weighted by Crippen LogP contribution is 2.24. The first-order chi connectivity index (χ1) is 8.47. The van der Waals surface area contributed by atoms with Crippen molar-refractivity contribution in [1.82, 2.24) is 4.90 Å². The fraction of sp³-hybridized carbons (Fsp3) is 0.571. The summed E-state index contributed by atoms with van der Waals surface area (Å²) >= 11 is 0. The Balaban J connectivity index is 2.88. The Morgan fingerprint density at radius 1 is 1.22 bits per heavy atom. The summed E-state index contributed by atoms with van der Waals surface area (Å²) in [5.41, 5.74) is 5.75. The first-order valence-electron chi connectivity index (χ1n) is 6.31. The molecular formula is C14H22F2N2. The second-order valence-electron chi connectivity index (χ2n) is 5.05. The van der Waals surface area contributed by atoms with E-state index in [1.807, 2.05) is 11.9 Å². The van der Waals surface area contributed by atoms with Gasteiger partial charge in [0.05, 0.1) is 6.04 Å². The Bertz CT molecular complexity index is 360. The van der Waals surface area contributed by atoms with Crippen LogP contribution in [0.2, 0.25) is 0 Å². The van der Waals surface area contributed by atoms with Gasteiger partial charge in [0, 0.05) is 12.1 Å². The number of likely N-dealkylation sites (N-methyl/N-ethyl adjacent to an activating group) is 1.